The van der Waals surface area contributed by atoms with E-state index in [2.05, 4.69) is 5.32 Å². The average Bonchev–Trinajstić information content (AvgIpc) is 2.57. The van der Waals surface area contributed by atoms with Gasteiger partial charge in [-0.2, -0.15) is 0 Å². The molecule has 0 aliphatic carbocycles. The highest BCUT2D eigenvalue weighted by molar-refractivity contribution is 5.88. The molecule has 1 rings (SSSR count). The number of nitrogens with two attached hydrogens (primary N) is 1. The molecule has 2 atom stereocenters. The van der Waals surface area contributed by atoms with Gasteiger partial charge in [0.15, 0.2) is 0 Å². The Bertz CT molecular complexity index is 687. The fraction of sp³-hybridized carbons (Fsp3) is 0.500. The molecule has 0 saturated carbocycles. The van der Waals surface area contributed by atoms with Gasteiger partial charge in [0.2, 0.25) is 11.8 Å². The molecule has 0 radical (unpaired) electrons. The number of hydrogen-bond donors (Lipinski definition) is 2. The molecule has 0 unspecified atom stereocenters. The van der Waals surface area contributed by atoms with Gasteiger partial charge in [0.05, 0.1) is 18.0 Å². The van der Waals surface area contributed by atoms with Gasteiger partial charge in [-0.25, -0.2) is 0 Å². The van der Waals surface area contributed by atoms with Crippen LogP contribution in [0.2, 0.25) is 0 Å². The molecule has 0 aliphatic heterocycles. The van der Waals surface area contributed by atoms with Crippen LogP contribution in [-0.2, 0) is 19.1 Å². The highest BCUT2D eigenvalue weighted by Gasteiger charge is 2.32. The Kier molecular flexibility index (Phi) is 8.37. The number of nitrogens with one attached hydrogen (secondary N) is 1. The van der Waals surface area contributed by atoms with E-state index in [1.807, 2.05) is 13.8 Å². The molecule has 0 bridgehead atoms. The van der Waals surface area contributed by atoms with Crippen LogP contribution >= 0.6 is 0 Å². The Morgan fingerprint density at radius 1 is 1.19 bits per heavy atom. The van der Waals surface area contributed by atoms with E-state index in [0.717, 1.165) is 0 Å². The lowest BCUT2D eigenvalue weighted by Gasteiger charge is -2.26. The minimum atomic E-state index is -1.15. The molecule has 0 fully saturated rings. The fourth-order valence-electron chi connectivity index (χ4n) is 2.64. The Morgan fingerprint density at radius 3 is 2.22 bits per heavy atom. The van der Waals surface area contributed by atoms with Crippen LogP contribution in [0, 0.1) is 16.0 Å². The normalized spacial score (nSPS) is 12.9. The Morgan fingerprint density at radius 2 is 1.78 bits per heavy atom. The third kappa shape index (κ3) is 7.04. The van der Waals surface area contributed by atoms with E-state index in [0.29, 0.717) is 5.56 Å². The highest BCUT2D eigenvalue weighted by atomic mass is 16.6. The summed E-state index contributed by atoms with van der Waals surface area (Å²) >= 11 is 0. The maximum atomic E-state index is 12.1. The monoisotopic (exact) mass is 379 g/mol. The van der Waals surface area contributed by atoms with Crippen molar-refractivity contribution in [2.45, 2.75) is 45.6 Å². The zero-order valence-corrected chi connectivity index (χ0v) is 15.6. The number of amides is 2. The molecule has 3 N–H and O–H groups in total. The van der Waals surface area contributed by atoms with E-state index in [4.69, 9.17) is 10.5 Å². The van der Waals surface area contributed by atoms with Crippen molar-refractivity contribution in [3.63, 3.8) is 0 Å². The average molecular weight is 379 g/mol. The van der Waals surface area contributed by atoms with Gasteiger partial charge in [0, 0.05) is 24.5 Å². The molecular formula is C18H25N3O6. The molecule has 1 aromatic rings. The quantitative estimate of drug-likeness (QED) is 0.359. The van der Waals surface area contributed by atoms with Crippen molar-refractivity contribution in [2.24, 2.45) is 11.7 Å². The van der Waals surface area contributed by atoms with Gasteiger partial charge in [0.25, 0.3) is 5.69 Å². The maximum absolute atomic E-state index is 12.1. The van der Waals surface area contributed by atoms with E-state index in [1.165, 1.54) is 24.3 Å². The first-order valence-electron chi connectivity index (χ1n) is 8.64. The van der Waals surface area contributed by atoms with E-state index in [1.54, 1.807) is 6.92 Å². The minimum Gasteiger partial charge on any atom is -0.466 e. The summed E-state index contributed by atoms with van der Waals surface area (Å²) in [5.74, 6) is -2.48. The molecule has 1 aromatic carbocycles. The molecule has 9 nitrogen and oxygen atoms in total. The number of esters is 1. The lowest BCUT2D eigenvalue weighted by Crippen LogP contribution is -2.49. The number of non-ortho nitro benzene ring substituents is 1. The number of rotatable bonds is 10. The topological polar surface area (TPSA) is 142 Å². The molecule has 27 heavy (non-hydrogen) atoms. The zero-order valence-electron chi connectivity index (χ0n) is 15.6. The summed E-state index contributed by atoms with van der Waals surface area (Å²) in [4.78, 5) is 46.4. The van der Waals surface area contributed by atoms with E-state index in [9.17, 15) is 24.5 Å². The Balaban J connectivity index is 3.19. The van der Waals surface area contributed by atoms with Crippen LogP contribution in [0.4, 0.5) is 5.69 Å². The molecule has 2 amide bonds. The summed E-state index contributed by atoms with van der Waals surface area (Å²) in [5.41, 5.74) is 5.80. The zero-order chi connectivity index (χ0) is 20.6. The molecule has 0 spiro atoms. The van der Waals surface area contributed by atoms with Crippen LogP contribution in [0.15, 0.2) is 24.3 Å². The number of hydrogen-bond acceptors (Lipinski definition) is 6. The second-order valence-corrected chi connectivity index (χ2v) is 6.51. The first-order valence-corrected chi connectivity index (χ1v) is 8.64. The number of nitrogens with zero attached hydrogens (tertiary/aromatic N) is 1. The summed E-state index contributed by atoms with van der Waals surface area (Å²) in [6.07, 6.45) is -0.0165. The standard InChI is InChI=1S/C18H25N3O6/c1-4-27-16(23)10-14(12-5-7-13(8-6-12)21(25)26)17(18(19)24)20-15(22)9-11(2)3/h5-8,11,14,17H,4,9-10H2,1-3H3,(H2,19,24)(H,20,22)/t14-,17+/m1/s1. The lowest BCUT2D eigenvalue weighted by atomic mass is 9.87. The molecule has 0 aromatic heterocycles. The molecule has 0 saturated heterocycles. The van der Waals surface area contributed by atoms with Crippen LogP contribution in [0.1, 0.15) is 45.1 Å². The largest absolute Gasteiger partial charge is 0.466 e. The lowest BCUT2D eigenvalue weighted by molar-refractivity contribution is -0.384. The molecule has 0 heterocycles. The first kappa shape index (κ1) is 22.1. The number of ether oxygens (including phenoxy) is 1. The van der Waals surface area contributed by atoms with Gasteiger partial charge >= 0.3 is 5.97 Å². The minimum absolute atomic E-state index is 0.0707. The van der Waals surface area contributed by atoms with E-state index < -0.39 is 28.8 Å². The van der Waals surface area contributed by atoms with Crippen LogP contribution in [-0.4, -0.2) is 35.4 Å². The van der Waals surface area contributed by atoms with Crippen LogP contribution in [0.3, 0.4) is 0 Å². The maximum Gasteiger partial charge on any atom is 0.306 e. The van der Waals surface area contributed by atoms with Crippen molar-refractivity contribution < 1.29 is 24.0 Å². The summed E-state index contributed by atoms with van der Waals surface area (Å²) < 4.78 is 4.94. The third-order valence-electron chi connectivity index (χ3n) is 3.84. The fourth-order valence-corrected chi connectivity index (χ4v) is 2.64. The number of primary amides is 1. The van der Waals surface area contributed by atoms with Crippen molar-refractivity contribution >= 4 is 23.5 Å². The molecule has 9 heteroatoms. The smallest absolute Gasteiger partial charge is 0.306 e. The number of benzene rings is 1. The van der Waals surface area contributed by atoms with Crippen LogP contribution in [0.25, 0.3) is 0 Å². The van der Waals surface area contributed by atoms with Gasteiger partial charge in [-0.3, -0.25) is 24.5 Å². The van der Waals surface area contributed by atoms with Crippen LogP contribution in [0.5, 0.6) is 0 Å². The predicted molar refractivity (Wildman–Crippen MR) is 97.7 cm³/mol. The molecular weight excluding hydrogens is 354 g/mol. The SMILES string of the molecule is CCOC(=O)C[C@H](c1ccc([N+](=O)[O-])cc1)[C@H](NC(=O)CC(C)C)C(N)=O. The van der Waals surface area contributed by atoms with Crippen molar-refractivity contribution in [3.8, 4) is 0 Å². The first-order chi connectivity index (χ1) is 12.6. The van der Waals surface area contributed by atoms with Crippen molar-refractivity contribution in [3.05, 3.63) is 39.9 Å². The second-order valence-electron chi connectivity index (χ2n) is 6.51. The Hall–Kier alpha value is -2.97. The van der Waals surface area contributed by atoms with Gasteiger partial charge in [-0.05, 0) is 18.4 Å². The Labute approximate surface area is 157 Å². The van der Waals surface area contributed by atoms with Gasteiger partial charge in [-0.1, -0.05) is 26.0 Å². The summed E-state index contributed by atoms with van der Waals surface area (Å²) in [6, 6.07) is 4.25. The van der Waals surface area contributed by atoms with E-state index in [-0.39, 0.29) is 37.0 Å². The number of carbonyl (C=O) groups is 3. The second kappa shape index (κ2) is 10.2. The molecule has 148 valence electrons. The highest BCUT2D eigenvalue weighted by Crippen LogP contribution is 2.26. The van der Waals surface area contributed by atoms with Gasteiger partial charge in [0.1, 0.15) is 6.04 Å². The summed E-state index contributed by atoms with van der Waals surface area (Å²) in [6.45, 7) is 5.51. The van der Waals surface area contributed by atoms with Crippen molar-refractivity contribution in [1.82, 2.24) is 5.32 Å². The van der Waals surface area contributed by atoms with Crippen molar-refractivity contribution in [1.29, 1.82) is 0 Å². The third-order valence-corrected chi connectivity index (χ3v) is 3.84. The van der Waals surface area contributed by atoms with Gasteiger partial charge in [-0.15, -0.1) is 0 Å². The number of nitro benzene ring substituents is 1. The summed E-state index contributed by atoms with van der Waals surface area (Å²) in [7, 11) is 0. The predicted octanol–water partition coefficient (Wildman–Crippen LogP) is 1.65. The van der Waals surface area contributed by atoms with Crippen LogP contribution < -0.4 is 11.1 Å². The summed E-state index contributed by atoms with van der Waals surface area (Å²) in [5, 5.41) is 13.4. The number of carbonyl (C=O) groups excluding carboxylic acids is 3. The van der Waals surface area contributed by atoms with E-state index >= 15 is 0 Å². The van der Waals surface area contributed by atoms with Crippen molar-refractivity contribution in [2.75, 3.05) is 6.61 Å². The number of nitro groups is 1. The molecule has 0 aliphatic rings. The van der Waals surface area contributed by atoms with Gasteiger partial charge < -0.3 is 15.8 Å².